The molecular weight excluding hydrogens is 343 g/mol. The van der Waals surface area contributed by atoms with Crippen LogP contribution in [-0.4, -0.2) is 11.4 Å². The summed E-state index contributed by atoms with van der Waals surface area (Å²) in [6.45, 7) is 2.26. The first-order chi connectivity index (χ1) is 9.77. The Balaban J connectivity index is -0.000000602. The van der Waals surface area contributed by atoms with Crippen molar-refractivity contribution in [1.29, 1.82) is 0 Å². The van der Waals surface area contributed by atoms with Gasteiger partial charge in [-0.15, -0.1) is 0 Å². The van der Waals surface area contributed by atoms with Crippen molar-refractivity contribution in [3.05, 3.63) is 12.2 Å². The van der Waals surface area contributed by atoms with Crippen LogP contribution in [0.15, 0.2) is 12.2 Å². The second kappa shape index (κ2) is 27.5. The van der Waals surface area contributed by atoms with Gasteiger partial charge < -0.3 is 15.4 Å². The van der Waals surface area contributed by atoms with Gasteiger partial charge >= 0.3 is 46.6 Å². The van der Waals surface area contributed by atoms with Crippen LogP contribution in [0.3, 0.4) is 0 Å². The first kappa shape index (κ1) is 31.5. The van der Waals surface area contributed by atoms with Gasteiger partial charge in [-0.3, -0.25) is 0 Å². The number of carboxylic acids is 1. The Morgan fingerprint density at radius 3 is 1.61 bits per heavy atom. The van der Waals surface area contributed by atoms with Gasteiger partial charge in [-0.2, -0.15) is 0 Å². The van der Waals surface area contributed by atoms with Gasteiger partial charge in [-0.05, 0) is 38.5 Å². The summed E-state index contributed by atoms with van der Waals surface area (Å²) in [4.78, 5) is 10.2. The van der Waals surface area contributed by atoms with Crippen LogP contribution >= 0.6 is 0 Å². The van der Waals surface area contributed by atoms with Gasteiger partial charge in [0.2, 0.25) is 0 Å². The normalized spacial score (nSPS) is 9.78. The van der Waals surface area contributed by atoms with Crippen molar-refractivity contribution in [2.45, 2.75) is 96.8 Å². The Labute approximate surface area is 176 Å². The summed E-state index contributed by atoms with van der Waals surface area (Å²) < 4.78 is 0. The van der Waals surface area contributed by atoms with Crippen molar-refractivity contribution in [2.24, 2.45) is 0 Å². The fourth-order valence-corrected chi connectivity index (χ4v) is 2.34. The maximum absolute atomic E-state index is 10.2. The minimum Gasteiger partial charge on any atom is -0.870 e. The molecule has 3 nitrogen and oxygen atoms in total. The molecule has 5 heteroatoms. The van der Waals surface area contributed by atoms with E-state index < -0.39 is 5.97 Å². The van der Waals surface area contributed by atoms with Gasteiger partial charge in [-0.1, -0.05) is 70.4 Å². The molecule has 23 heavy (non-hydrogen) atoms. The van der Waals surface area contributed by atoms with Gasteiger partial charge in [0.25, 0.3) is 0 Å². The number of carbonyl (C=O) groups excluding carboxylic acids is 1. The molecule has 0 aliphatic heterocycles. The van der Waals surface area contributed by atoms with Gasteiger partial charge in [0.1, 0.15) is 0 Å². The second-order valence-corrected chi connectivity index (χ2v) is 5.71. The summed E-state index contributed by atoms with van der Waals surface area (Å²) in [5, 5.41) is 10.2. The Morgan fingerprint density at radius 2 is 1.17 bits per heavy atom. The topological polar surface area (TPSA) is 70.1 Å². The average molecular weight is 377 g/mol. The van der Waals surface area contributed by atoms with Crippen LogP contribution in [0.5, 0.6) is 0 Å². The average Bonchev–Trinajstić information content (AvgIpc) is 2.43. The molecule has 0 unspecified atom stereocenters. The summed E-state index contributed by atoms with van der Waals surface area (Å²) in [7, 11) is 0. The second-order valence-electron chi connectivity index (χ2n) is 5.71. The van der Waals surface area contributed by atoms with Crippen LogP contribution in [-0.2, 0) is 21.9 Å². The summed E-state index contributed by atoms with van der Waals surface area (Å²) in [5.41, 5.74) is 0. The van der Waals surface area contributed by atoms with Crippen LogP contribution < -0.4 is 34.7 Å². The maximum atomic E-state index is 10.2. The zero-order valence-corrected chi connectivity index (χ0v) is 18.3. The molecule has 1 N–H and O–H groups in total. The van der Waals surface area contributed by atoms with E-state index in [0.29, 0.717) is 0 Å². The molecule has 0 aliphatic carbocycles. The van der Waals surface area contributed by atoms with Gasteiger partial charge in [0.15, 0.2) is 0 Å². The molecule has 0 bridgehead atoms. The molecular formula is C18H34FeNaO3+2. The molecule has 1 radical (unpaired) electrons. The van der Waals surface area contributed by atoms with Crippen molar-refractivity contribution in [3.63, 3.8) is 0 Å². The van der Waals surface area contributed by atoms with Crippen LogP contribution in [0.1, 0.15) is 96.8 Å². The van der Waals surface area contributed by atoms with Crippen LogP contribution in [0.2, 0.25) is 0 Å². The SMILES string of the molecule is CCCCCCCC/C=C\CCCCCCCC(=O)[O-].[Fe+3].[Na+].[OH-]. The van der Waals surface area contributed by atoms with Gasteiger partial charge in [-0.25, -0.2) is 0 Å². The molecule has 0 fully saturated rings. The third-order valence-electron chi connectivity index (χ3n) is 3.64. The maximum Gasteiger partial charge on any atom is 3.00 e. The summed E-state index contributed by atoms with van der Waals surface area (Å²) >= 11 is 0. The molecule has 0 aromatic rings. The molecule has 0 amide bonds. The predicted molar refractivity (Wildman–Crippen MR) is 86.4 cm³/mol. The van der Waals surface area contributed by atoms with Crippen molar-refractivity contribution in [2.75, 3.05) is 0 Å². The number of hydrogen-bond donors (Lipinski definition) is 0. The fraction of sp³-hybridized carbons (Fsp3) is 0.833. The third-order valence-corrected chi connectivity index (χ3v) is 3.64. The largest absolute Gasteiger partial charge is 3.00 e. The van der Waals surface area contributed by atoms with Gasteiger partial charge in [0, 0.05) is 5.97 Å². The van der Waals surface area contributed by atoms with E-state index in [2.05, 4.69) is 19.1 Å². The summed E-state index contributed by atoms with van der Waals surface area (Å²) in [6.07, 6.45) is 20.9. The van der Waals surface area contributed by atoms with E-state index in [0.717, 1.165) is 19.3 Å². The van der Waals surface area contributed by atoms with E-state index in [9.17, 15) is 9.90 Å². The number of unbranched alkanes of at least 4 members (excludes halogenated alkanes) is 11. The molecule has 0 aliphatic rings. The quantitative estimate of drug-likeness (QED) is 0.247. The molecule has 0 aromatic heterocycles. The van der Waals surface area contributed by atoms with Crippen molar-refractivity contribution in [1.82, 2.24) is 0 Å². The van der Waals surface area contributed by atoms with E-state index in [4.69, 9.17) is 0 Å². The first-order valence-corrected chi connectivity index (χ1v) is 8.62. The van der Waals surface area contributed by atoms with Crippen molar-refractivity contribution < 1.29 is 62.0 Å². The van der Waals surface area contributed by atoms with Crippen LogP contribution in [0.4, 0.5) is 0 Å². The van der Waals surface area contributed by atoms with E-state index >= 15 is 0 Å². The minimum atomic E-state index is -0.914. The minimum absolute atomic E-state index is 0. The number of rotatable bonds is 15. The summed E-state index contributed by atoms with van der Waals surface area (Å²) in [6, 6.07) is 0. The molecule has 0 aromatic carbocycles. The van der Waals surface area contributed by atoms with E-state index in [1.54, 1.807) is 0 Å². The van der Waals surface area contributed by atoms with Crippen molar-refractivity contribution >= 4 is 5.97 Å². The molecule has 0 heterocycles. The molecule has 0 saturated carbocycles. The molecule has 0 spiro atoms. The molecule has 131 valence electrons. The fourth-order valence-electron chi connectivity index (χ4n) is 2.34. The zero-order valence-electron chi connectivity index (χ0n) is 15.2. The van der Waals surface area contributed by atoms with E-state index in [1.807, 2.05) is 0 Å². The van der Waals surface area contributed by atoms with Crippen LogP contribution in [0.25, 0.3) is 0 Å². The monoisotopic (exact) mass is 377 g/mol. The first-order valence-electron chi connectivity index (χ1n) is 8.62. The van der Waals surface area contributed by atoms with E-state index in [-0.39, 0.29) is 58.5 Å². The zero-order chi connectivity index (χ0) is 14.9. The number of carbonyl (C=O) groups is 1. The Kier molecular flexibility index (Phi) is 37.7. The Morgan fingerprint density at radius 1 is 0.783 bits per heavy atom. The summed E-state index contributed by atoms with van der Waals surface area (Å²) in [5.74, 6) is -0.914. The number of allylic oxidation sites excluding steroid dienone is 2. The molecule has 0 atom stereocenters. The van der Waals surface area contributed by atoms with E-state index in [1.165, 1.54) is 64.2 Å². The Hall–Kier alpha value is 0.689. The number of aliphatic carboxylic acids is 1. The van der Waals surface area contributed by atoms with Crippen molar-refractivity contribution in [3.8, 4) is 0 Å². The smallest absolute Gasteiger partial charge is 0.870 e. The molecule has 0 saturated heterocycles. The standard InChI is InChI=1S/C18H34O2.Fe.Na.H2O/c1-2-3-4-5-6-7-8-9-10-11-12-13-14-15-16-17-18(19)20;;;/h9-10H,2-8,11-17H2,1H3,(H,19,20);;;1H2/q;+3;+1;/p-2/b10-9-;;;. The van der Waals surface area contributed by atoms with Gasteiger partial charge in [0.05, 0.1) is 0 Å². The Bertz CT molecular complexity index is 248. The number of carboxylic acid groups (broad SMARTS) is 1. The third kappa shape index (κ3) is 31.0. The van der Waals surface area contributed by atoms with Crippen LogP contribution in [0, 0.1) is 0 Å². The predicted octanol–water partition coefficient (Wildman–Crippen LogP) is 1.60. The molecule has 0 rings (SSSR count). The number of hydrogen-bond acceptors (Lipinski definition) is 3.